The van der Waals surface area contributed by atoms with Gasteiger partial charge in [0.25, 0.3) is 5.91 Å². The Kier molecular flexibility index (Phi) is 6.10. The SMILES string of the molecule is COC(=O)CC(CC(=O)OC)n1cc(NC(=O)c2coc3c2C(=O)CCC3)cn1. The number of carbonyl (C=O) groups is 4. The predicted molar refractivity (Wildman–Crippen MR) is 98.5 cm³/mol. The molecule has 0 spiro atoms. The molecule has 1 amide bonds. The fraction of sp³-hybridized carbons (Fsp3) is 0.421. The summed E-state index contributed by atoms with van der Waals surface area (Å²) in [4.78, 5) is 48.0. The van der Waals surface area contributed by atoms with Gasteiger partial charge in [-0.05, 0) is 6.42 Å². The van der Waals surface area contributed by atoms with Crippen LogP contribution in [0.15, 0.2) is 23.1 Å². The molecule has 2 aromatic rings. The number of hydrogen-bond donors (Lipinski definition) is 1. The number of amides is 1. The maximum Gasteiger partial charge on any atom is 0.307 e. The molecular formula is C19H21N3O7. The Bertz CT molecular complexity index is 926. The second-order valence-corrected chi connectivity index (χ2v) is 6.60. The zero-order chi connectivity index (χ0) is 21.0. The molecule has 0 unspecified atom stereocenters. The number of rotatable bonds is 7. The molecule has 3 rings (SSSR count). The minimum Gasteiger partial charge on any atom is -0.469 e. The number of nitrogens with one attached hydrogen (secondary N) is 1. The number of hydrogen-bond acceptors (Lipinski definition) is 8. The van der Waals surface area contributed by atoms with E-state index in [4.69, 9.17) is 4.42 Å². The van der Waals surface area contributed by atoms with E-state index in [1.54, 1.807) is 0 Å². The minimum atomic E-state index is -0.635. The zero-order valence-corrected chi connectivity index (χ0v) is 16.1. The number of ether oxygens (including phenoxy) is 2. The topological polar surface area (TPSA) is 130 Å². The van der Waals surface area contributed by atoms with Gasteiger partial charge in [-0.3, -0.25) is 23.9 Å². The zero-order valence-electron chi connectivity index (χ0n) is 16.1. The molecule has 0 bridgehead atoms. The van der Waals surface area contributed by atoms with Crippen LogP contribution in [0.3, 0.4) is 0 Å². The number of ketones is 1. The summed E-state index contributed by atoms with van der Waals surface area (Å²) in [6.07, 6.45) is 5.67. The van der Waals surface area contributed by atoms with E-state index in [9.17, 15) is 19.2 Å². The lowest BCUT2D eigenvalue weighted by atomic mass is 9.94. The van der Waals surface area contributed by atoms with Gasteiger partial charge in [-0.25, -0.2) is 0 Å². The van der Waals surface area contributed by atoms with Crippen LogP contribution in [0.2, 0.25) is 0 Å². The highest BCUT2D eigenvalue weighted by atomic mass is 16.5. The first kappa shape index (κ1) is 20.3. The number of aromatic nitrogens is 2. The third kappa shape index (κ3) is 4.53. The van der Waals surface area contributed by atoms with Crippen molar-refractivity contribution in [3.63, 3.8) is 0 Å². The second-order valence-electron chi connectivity index (χ2n) is 6.60. The Balaban J connectivity index is 1.75. The summed E-state index contributed by atoms with van der Waals surface area (Å²) in [6.45, 7) is 0. The Morgan fingerprint density at radius 1 is 1.21 bits per heavy atom. The van der Waals surface area contributed by atoms with E-state index < -0.39 is 23.9 Å². The van der Waals surface area contributed by atoms with Gasteiger partial charge in [0.1, 0.15) is 12.0 Å². The Morgan fingerprint density at radius 3 is 2.55 bits per heavy atom. The van der Waals surface area contributed by atoms with Gasteiger partial charge in [-0.2, -0.15) is 5.10 Å². The molecule has 0 aromatic carbocycles. The van der Waals surface area contributed by atoms with Crippen molar-refractivity contribution in [2.45, 2.75) is 38.1 Å². The molecule has 154 valence electrons. The Morgan fingerprint density at radius 2 is 1.90 bits per heavy atom. The van der Waals surface area contributed by atoms with Gasteiger partial charge >= 0.3 is 11.9 Å². The molecular weight excluding hydrogens is 382 g/mol. The van der Waals surface area contributed by atoms with E-state index in [0.29, 0.717) is 36.3 Å². The number of anilines is 1. The van der Waals surface area contributed by atoms with Crippen molar-refractivity contribution in [1.29, 1.82) is 0 Å². The van der Waals surface area contributed by atoms with E-state index in [0.717, 1.165) is 0 Å². The van der Waals surface area contributed by atoms with Gasteiger partial charge in [-0.1, -0.05) is 0 Å². The lowest BCUT2D eigenvalue weighted by Gasteiger charge is -2.15. The molecule has 0 atom stereocenters. The second kappa shape index (κ2) is 8.72. The van der Waals surface area contributed by atoms with Crippen LogP contribution in [0.25, 0.3) is 0 Å². The minimum absolute atomic E-state index is 0.0929. The molecule has 0 saturated carbocycles. The summed E-state index contributed by atoms with van der Waals surface area (Å²) < 4.78 is 16.1. The molecule has 1 aliphatic rings. The van der Waals surface area contributed by atoms with Gasteiger partial charge in [0, 0.05) is 19.0 Å². The summed E-state index contributed by atoms with van der Waals surface area (Å²) in [5.74, 6) is -1.11. The first-order chi connectivity index (χ1) is 13.9. The number of nitrogens with zero attached hydrogens (tertiary/aromatic N) is 2. The van der Waals surface area contributed by atoms with Crippen molar-refractivity contribution in [3.05, 3.63) is 35.5 Å². The van der Waals surface area contributed by atoms with E-state index in [-0.39, 0.29) is 24.2 Å². The quantitative estimate of drug-likeness (QED) is 0.694. The fourth-order valence-electron chi connectivity index (χ4n) is 3.20. The van der Waals surface area contributed by atoms with Crippen LogP contribution in [-0.2, 0) is 25.5 Å². The molecule has 1 aliphatic carbocycles. The van der Waals surface area contributed by atoms with Crippen LogP contribution in [-0.4, -0.2) is 47.6 Å². The van der Waals surface area contributed by atoms with Gasteiger partial charge in [-0.15, -0.1) is 0 Å². The van der Waals surface area contributed by atoms with Crippen LogP contribution in [0.1, 0.15) is 58.2 Å². The van der Waals surface area contributed by atoms with Gasteiger partial charge in [0.2, 0.25) is 0 Å². The number of carbonyl (C=O) groups excluding carboxylic acids is 4. The number of methoxy groups -OCH3 is 2. The number of esters is 2. The Hall–Kier alpha value is -3.43. The normalized spacial score (nSPS) is 13.1. The van der Waals surface area contributed by atoms with Crippen molar-refractivity contribution in [2.24, 2.45) is 0 Å². The first-order valence-electron chi connectivity index (χ1n) is 9.05. The van der Waals surface area contributed by atoms with Crippen LogP contribution in [0, 0.1) is 0 Å². The van der Waals surface area contributed by atoms with Crippen molar-refractivity contribution >= 4 is 29.3 Å². The molecule has 29 heavy (non-hydrogen) atoms. The monoisotopic (exact) mass is 403 g/mol. The van der Waals surface area contributed by atoms with Crippen LogP contribution in [0.5, 0.6) is 0 Å². The number of Topliss-reactive ketones (excluding diaryl/α,β-unsaturated/α-hetero) is 1. The van der Waals surface area contributed by atoms with Crippen molar-refractivity contribution in [3.8, 4) is 0 Å². The standard InChI is InChI=1S/C19H21N3O7/c1-27-16(24)6-12(7-17(25)28-2)22-9-11(8-20-22)21-19(26)13-10-29-15-5-3-4-14(23)18(13)15/h8-10,12H,3-7H2,1-2H3,(H,21,26). The molecule has 0 saturated heterocycles. The average molecular weight is 403 g/mol. The summed E-state index contributed by atoms with van der Waals surface area (Å²) in [5.41, 5.74) is 0.849. The molecule has 0 radical (unpaired) electrons. The molecule has 2 aromatic heterocycles. The van der Waals surface area contributed by atoms with E-state index in [1.165, 1.54) is 37.6 Å². The van der Waals surface area contributed by atoms with Crippen molar-refractivity contribution in [2.75, 3.05) is 19.5 Å². The Labute approximate surface area is 166 Å². The lowest BCUT2D eigenvalue weighted by Crippen LogP contribution is -2.20. The number of aryl methyl sites for hydroxylation is 1. The highest BCUT2D eigenvalue weighted by Crippen LogP contribution is 2.27. The highest BCUT2D eigenvalue weighted by molar-refractivity contribution is 6.13. The molecule has 0 fully saturated rings. The third-order valence-electron chi connectivity index (χ3n) is 4.69. The van der Waals surface area contributed by atoms with Crippen molar-refractivity contribution in [1.82, 2.24) is 9.78 Å². The fourth-order valence-corrected chi connectivity index (χ4v) is 3.20. The summed E-state index contributed by atoms with van der Waals surface area (Å²) >= 11 is 0. The summed E-state index contributed by atoms with van der Waals surface area (Å²) in [5, 5.41) is 6.78. The van der Waals surface area contributed by atoms with Crippen molar-refractivity contribution < 1.29 is 33.1 Å². The van der Waals surface area contributed by atoms with E-state index in [2.05, 4.69) is 19.9 Å². The maximum atomic E-state index is 12.6. The predicted octanol–water partition coefficient (Wildman–Crippen LogP) is 1.91. The lowest BCUT2D eigenvalue weighted by molar-refractivity contribution is -0.144. The highest BCUT2D eigenvalue weighted by Gasteiger charge is 2.28. The van der Waals surface area contributed by atoms with Crippen LogP contribution >= 0.6 is 0 Å². The maximum absolute atomic E-state index is 12.6. The summed E-state index contributed by atoms with van der Waals surface area (Å²) in [7, 11) is 2.50. The number of fused-ring (bicyclic) bond motifs is 1. The van der Waals surface area contributed by atoms with Gasteiger partial charge < -0.3 is 19.2 Å². The van der Waals surface area contributed by atoms with E-state index in [1.807, 2.05) is 0 Å². The molecule has 10 heteroatoms. The van der Waals surface area contributed by atoms with Crippen LogP contribution in [0.4, 0.5) is 5.69 Å². The van der Waals surface area contributed by atoms with E-state index >= 15 is 0 Å². The first-order valence-corrected chi connectivity index (χ1v) is 9.05. The average Bonchev–Trinajstić information content (AvgIpc) is 3.35. The third-order valence-corrected chi connectivity index (χ3v) is 4.69. The molecule has 10 nitrogen and oxygen atoms in total. The van der Waals surface area contributed by atoms with Gasteiger partial charge in [0.05, 0.1) is 56.1 Å². The molecule has 0 aliphatic heterocycles. The summed E-state index contributed by atoms with van der Waals surface area (Å²) in [6, 6.07) is -0.635. The van der Waals surface area contributed by atoms with Crippen LogP contribution < -0.4 is 5.32 Å². The largest absolute Gasteiger partial charge is 0.469 e. The van der Waals surface area contributed by atoms with Gasteiger partial charge in [0.15, 0.2) is 5.78 Å². The smallest absolute Gasteiger partial charge is 0.307 e. The molecule has 2 heterocycles. The number of furan rings is 1. The molecule has 1 N–H and O–H groups in total.